The van der Waals surface area contributed by atoms with E-state index in [1.165, 1.54) is 11.8 Å². The van der Waals surface area contributed by atoms with Gasteiger partial charge in [0.05, 0.1) is 12.9 Å². The van der Waals surface area contributed by atoms with E-state index in [1.54, 1.807) is 18.9 Å². The number of para-hydroxylation sites is 2. The Balaban J connectivity index is 1.71. The number of nitrogens with one attached hydrogen (secondary N) is 1. The van der Waals surface area contributed by atoms with Crippen LogP contribution in [-0.4, -0.2) is 39.8 Å². The largest absolute Gasteiger partial charge is 0.493 e. The Bertz CT molecular complexity index is 1070. The number of hydrogen-bond donors (Lipinski definition) is 1. The third-order valence-electron chi connectivity index (χ3n) is 4.72. The summed E-state index contributed by atoms with van der Waals surface area (Å²) in [4.78, 5) is 13.6. The molecule has 3 rings (SSSR count). The fourth-order valence-corrected chi connectivity index (χ4v) is 4.45. The molecule has 1 amide bonds. The van der Waals surface area contributed by atoms with Crippen LogP contribution in [0.15, 0.2) is 58.6 Å². The van der Waals surface area contributed by atoms with Gasteiger partial charge in [0.2, 0.25) is 5.91 Å². The molecule has 176 valence electrons. The number of thioether (sulfide) groups is 2. The second-order valence-electron chi connectivity index (χ2n) is 7.82. The van der Waals surface area contributed by atoms with Gasteiger partial charge >= 0.3 is 0 Å². The van der Waals surface area contributed by atoms with Gasteiger partial charge in [-0.3, -0.25) is 4.79 Å². The lowest BCUT2D eigenvalue weighted by Crippen LogP contribution is -2.17. The van der Waals surface area contributed by atoms with E-state index < -0.39 is 0 Å². The lowest BCUT2D eigenvalue weighted by atomic mass is 10.2. The van der Waals surface area contributed by atoms with E-state index in [0.29, 0.717) is 28.4 Å². The van der Waals surface area contributed by atoms with Gasteiger partial charge in [-0.1, -0.05) is 43.8 Å². The van der Waals surface area contributed by atoms with Gasteiger partial charge < -0.3 is 19.4 Å². The van der Waals surface area contributed by atoms with Crippen molar-refractivity contribution in [2.45, 2.75) is 43.5 Å². The molecule has 2 aromatic carbocycles. The first-order valence-corrected chi connectivity index (χ1v) is 12.9. The molecule has 33 heavy (non-hydrogen) atoms. The average Bonchev–Trinajstić information content (AvgIpc) is 3.20. The molecule has 3 aromatic rings. The zero-order chi connectivity index (χ0) is 23.8. The van der Waals surface area contributed by atoms with Crippen LogP contribution in [0.4, 0.5) is 5.69 Å². The van der Waals surface area contributed by atoms with Crippen LogP contribution in [-0.2, 0) is 11.3 Å². The number of amides is 1. The summed E-state index contributed by atoms with van der Waals surface area (Å²) in [5.74, 6) is 2.55. The van der Waals surface area contributed by atoms with E-state index in [2.05, 4.69) is 29.4 Å². The van der Waals surface area contributed by atoms with Crippen LogP contribution in [0, 0.1) is 5.92 Å². The predicted molar refractivity (Wildman–Crippen MR) is 134 cm³/mol. The molecule has 0 radical (unpaired) electrons. The molecule has 0 fully saturated rings. The highest BCUT2D eigenvalue weighted by molar-refractivity contribution is 7.99. The van der Waals surface area contributed by atoms with Crippen molar-refractivity contribution in [1.82, 2.24) is 14.8 Å². The minimum absolute atomic E-state index is 0.0859. The topological polar surface area (TPSA) is 78.3 Å². The zero-order valence-electron chi connectivity index (χ0n) is 19.6. The van der Waals surface area contributed by atoms with E-state index in [9.17, 15) is 4.79 Å². The number of carbonyl (C=O) groups is 1. The van der Waals surface area contributed by atoms with Crippen molar-refractivity contribution >= 4 is 35.1 Å². The molecular formula is C24H30N4O3S2. The Kier molecular flexibility index (Phi) is 9.08. The first-order valence-electron chi connectivity index (χ1n) is 10.7. The van der Waals surface area contributed by atoms with E-state index in [0.717, 1.165) is 17.1 Å². The maximum Gasteiger partial charge on any atom is 0.234 e. The van der Waals surface area contributed by atoms with Crippen LogP contribution < -0.4 is 14.8 Å². The van der Waals surface area contributed by atoms with Gasteiger partial charge in [-0.2, -0.15) is 0 Å². The third kappa shape index (κ3) is 6.91. The highest BCUT2D eigenvalue weighted by Gasteiger charge is 2.22. The maximum absolute atomic E-state index is 12.5. The Hall–Kier alpha value is -2.65. The minimum Gasteiger partial charge on any atom is -0.493 e. The zero-order valence-corrected chi connectivity index (χ0v) is 21.2. The monoisotopic (exact) mass is 486 g/mol. The molecule has 0 bridgehead atoms. The SMILES string of the molecule is COc1ccccc1OC(C)c1nnc(SCC(=O)Nc2cccc(SC)c2)n1CC(C)C. The summed E-state index contributed by atoms with van der Waals surface area (Å²) in [6.45, 7) is 6.93. The second kappa shape index (κ2) is 12.0. The molecule has 0 aliphatic heterocycles. The molecule has 0 aliphatic carbocycles. The van der Waals surface area contributed by atoms with Crippen molar-refractivity contribution < 1.29 is 14.3 Å². The molecule has 0 saturated carbocycles. The lowest BCUT2D eigenvalue weighted by Gasteiger charge is -2.19. The first kappa shape index (κ1) is 25.0. The fourth-order valence-electron chi connectivity index (χ4n) is 3.23. The van der Waals surface area contributed by atoms with Gasteiger partial charge in [-0.05, 0) is 49.4 Å². The van der Waals surface area contributed by atoms with Crippen molar-refractivity contribution in [3.05, 3.63) is 54.4 Å². The van der Waals surface area contributed by atoms with Gasteiger partial charge in [-0.25, -0.2) is 0 Å². The van der Waals surface area contributed by atoms with E-state index in [1.807, 2.05) is 66.3 Å². The van der Waals surface area contributed by atoms with Crippen molar-refractivity contribution in [3.8, 4) is 11.5 Å². The molecule has 1 atom stereocenters. The van der Waals surface area contributed by atoms with Crippen LogP contribution >= 0.6 is 23.5 Å². The minimum atomic E-state index is -0.343. The summed E-state index contributed by atoms with van der Waals surface area (Å²) in [6.07, 6.45) is 1.67. The Morgan fingerprint density at radius 1 is 1.09 bits per heavy atom. The Morgan fingerprint density at radius 2 is 1.85 bits per heavy atom. The first-order chi connectivity index (χ1) is 15.9. The highest BCUT2D eigenvalue weighted by atomic mass is 32.2. The van der Waals surface area contributed by atoms with Crippen LogP contribution in [0.2, 0.25) is 0 Å². The summed E-state index contributed by atoms with van der Waals surface area (Å²) in [5.41, 5.74) is 0.788. The fraction of sp³-hybridized carbons (Fsp3) is 0.375. The van der Waals surface area contributed by atoms with Crippen molar-refractivity contribution in [2.75, 3.05) is 24.4 Å². The molecule has 0 aliphatic rings. The Morgan fingerprint density at radius 3 is 2.55 bits per heavy atom. The van der Waals surface area contributed by atoms with E-state index in [-0.39, 0.29) is 17.8 Å². The third-order valence-corrected chi connectivity index (χ3v) is 6.41. The van der Waals surface area contributed by atoms with Crippen LogP contribution in [0.3, 0.4) is 0 Å². The molecule has 0 saturated heterocycles. The van der Waals surface area contributed by atoms with Crippen LogP contribution in [0.5, 0.6) is 11.5 Å². The molecule has 1 N–H and O–H groups in total. The smallest absolute Gasteiger partial charge is 0.234 e. The summed E-state index contributed by atoms with van der Waals surface area (Å²) >= 11 is 3.01. The van der Waals surface area contributed by atoms with Crippen LogP contribution in [0.1, 0.15) is 32.7 Å². The summed E-state index contributed by atoms with van der Waals surface area (Å²) in [5, 5.41) is 12.4. The lowest BCUT2D eigenvalue weighted by molar-refractivity contribution is -0.113. The van der Waals surface area contributed by atoms with Crippen molar-refractivity contribution in [2.24, 2.45) is 5.92 Å². The number of rotatable bonds is 11. The number of anilines is 1. The molecular weight excluding hydrogens is 456 g/mol. The number of methoxy groups -OCH3 is 1. The maximum atomic E-state index is 12.5. The molecule has 1 heterocycles. The normalized spacial score (nSPS) is 11.9. The second-order valence-corrected chi connectivity index (χ2v) is 9.65. The van der Waals surface area contributed by atoms with Gasteiger partial charge in [0.25, 0.3) is 0 Å². The van der Waals surface area contributed by atoms with Gasteiger partial charge in [0.1, 0.15) is 0 Å². The quantitative estimate of drug-likeness (QED) is 0.357. The van der Waals surface area contributed by atoms with Gasteiger partial charge in [-0.15, -0.1) is 22.0 Å². The summed E-state index contributed by atoms with van der Waals surface area (Å²) < 4.78 is 13.6. The molecule has 1 unspecified atom stereocenters. The summed E-state index contributed by atoms with van der Waals surface area (Å²) in [7, 11) is 1.62. The number of benzene rings is 2. The number of aromatic nitrogens is 3. The predicted octanol–water partition coefficient (Wildman–Crippen LogP) is 5.54. The number of ether oxygens (including phenoxy) is 2. The standard InChI is InChI=1S/C24H30N4O3S2/c1-16(2)14-28-23(17(3)31-21-12-7-6-11-20(21)30-4)26-27-24(28)33-15-22(29)25-18-9-8-10-19(13-18)32-5/h6-13,16-17H,14-15H2,1-5H3,(H,25,29). The number of hydrogen-bond acceptors (Lipinski definition) is 7. The molecule has 7 nitrogen and oxygen atoms in total. The van der Waals surface area contributed by atoms with Gasteiger partial charge in [0.15, 0.2) is 28.6 Å². The molecule has 1 aromatic heterocycles. The van der Waals surface area contributed by atoms with E-state index >= 15 is 0 Å². The van der Waals surface area contributed by atoms with Gasteiger partial charge in [0, 0.05) is 17.1 Å². The number of carbonyl (C=O) groups excluding carboxylic acids is 1. The van der Waals surface area contributed by atoms with Crippen molar-refractivity contribution in [3.63, 3.8) is 0 Å². The Labute approximate surface area is 203 Å². The average molecular weight is 487 g/mol. The van der Waals surface area contributed by atoms with E-state index in [4.69, 9.17) is 9.47 Å². The molecule has 9 heteroatoms. The van der Waals surface area contributed by atoms with Crippen LogP contribution in [0.25, 0.3) is 0 Å². The number of nitrogens with zero attached hydrogens (tertiary/aromatic N) is 3. The summed E-state index contributed by atoms with van der Waals surface area (Å²) in [6, 6.07) is 15.3. The van der Waals surface area contributed by atoms with Crippen molar-refractivity contribution in [1.29, 1.82) is 0 Å². The molecule has 0 spiro atoms. The highest BCUT2D eigenvalue weighted by Crippen LogP contribution is 2.31.